The molecule has 0 aliphatic heterocycles. The van der Waals surface area contributed by atoms with Crippen molar-refractivity contribution in [3.8, 4) is 0 Å². The molecule has 0 aliphatic rings. The maximum absolute atomic E-state index is 13.0. The predicted octanol–water partition coefficient (Wildman–Crippen LogP) is 3.61. The first kappa shape index (κ1) is 28.9. The van der Waals surface area contributed by atoms with Crippen molar-refractivity contribution in [1.29, 1.82) is 0 Å². The topological polar surface area (TPSA) is 136 Å². The highest BCUT2D eigenvalue weighted by Crippen LogP contribution is 2.50. The van der Waals surface area contributed by atoms with Gasteiger partial charge in [0.1, 0.15) is 6.61 Å². The molecule has 1 atom stereocenters. The van der Waals surface area contributed by atoms with Crippen LogP contribution in [0.1, 0.15) is 24.0 Å². The zero-order valence-electron chi connectivity index (χ0n) is 18.4. The van der Waals surface area contributed by atoms with Gasteiger partial charge in [-0.3, -0.25) is 4.79 Å². The van der Waals surface area contributed by atoms with Crippen LogP contribution in [0.15, 0.2) is 53.4 Å². The molecule has 1 unspecified atom stereocenters. The number of benzene rings is 2. The van der Waals surface area contributed by atoms with Crippen LogP contribution >= 0.6 is 0 Å². The average molecular weight is 542 g/mol. The van der Waals surface area contributed by atoms with Crippen molar-refractivity contribution < 1.29 is 54.2 Å². The number of sulfone groups is 1. The van der Waals surface area contributed by atoms with Gasteiger partial charge in [-0.25, -0.2) is 13.2 Å². The summed E-state index contributed by atoms with van der Waals surface area (Å²) in [6.07, 6.45) is -13.4. The van der Waals surface area contributed by atoms with Crippen LogP contribution in [0.5, 0.6) is 0 Å². The molecule has 0 saturated carbocycles. The summed E-state index contributed by atoms with van der Waals surface area (Å²) in [6.45, 7) is 0.816. The molecule has 2 aromatic rings. The summed E-state index contributed by atoms with van der Waals surface area (Å²) in [5, 5.41) is 11.7. The number of alkyl halides is 6. The van der Waals surface area contributed by atoms with Gasteiger partial charge < -0.3 is 20.9 Å². The second-order valence-corrected chi connectivity index (χ2v) is 9.71. The second kappa shape index (κ2) is 10.3. The Bertz CT molecular complexity index is 1180. The number of primary amides is 1. The number of nitrogens with one attached hydrogen (secondary N) is 1. The fourth-order valence-corrected chi connectivity index (χ4v) is 3.96. The molecule has 0 spiro atoms. The number of anilines is 1. The molecule has 0 heterocycles. The summed E-state index contributed by atoms with van der Waals surface area (Å²) in [5.41, 5.74) is -1.82. The first-order valence-corrected chi connectivity index (χ1v) is 11.6. The molecule has 2 aromatic carbocycles. The zero-order chi connectivity index (χ0) is 27.5. The number of rotatable bonds is 8. The Hall–Kier alpha value is -3.33. The van der Waals surface area contributed by atoms with E-state index in [9.17, 15) is 49.5 Å². The lowest BCUT2D eigenvalue weighted by Gasteiger charge is -2.32. The van der Waals surface area contributed by atoms with E-state index >= 15 is 0 Å². The van der Waals surface area contributed by atoms with E-state index in [2.05, 4.69) is 10.1 Å². The molecule has 36 heavy (non-hydrogen) atoms. The van der Waals surface area contributed by atoms with Crippen molar-refractivity contribution in [2.75, 3.05) is 17.7 Å². The lowest BCUT2D eigenvalue weighted by molar-refractivity contribution is -0.376. The van der Waals surface area contributed by atoms with E-state index in [1.165, 1.54) is 31.2 Å². The molecule has 15 heteroatoms. The Balaban J connectivity index is 2.34. The Labute approximate surface area is 201 Å². The molecule has 0 fully saturated rings. The third kappa shape index (κ3) is 6.07. The first-order chi connectivity index (χ1) is 16.4. The van der Waals surface area contributed by atoms with Crippen molar-refractivity contribution in [3.63, 3.8) is 0 Å². The molecule has 2 rings (SSSR count). The minimum atomic E-state index is -6.08. The third-order valence-electron chi connectivity index (χ3n) is 5.12. The van der Waals surface area contributed by atoms with Gasteiger partial charge in [-0.15, -0.1) is 0 Å². The van der Waals surface area contributed by atoms with E-state index in [1.807, 2.05) is 0 Å². The van der Waals surface area contributed by atoms with Crippen molar-refractivity contribution >= 4 is 27.5 Å². The Morgan fingerprint density at radius 2 is 1.47 bits per heavy atom. The number of halogens is 6. The largest absolute Gasteiger partial charge is 0.449 e. The number of hydrogen-bond donors (Lipinski definition) is 3. The molecule has 198 valence electrons. The molecule has 2 amide bonds. The first-order valence-electron chi connectivity index (χ1n) is 9.96. The van der Waals surface area contributed by atoms with E-state index < -0.39 is 57.9 Å². The molecule has 0 aromatic heterocycles. The normalized spacial score (nSPS) is 13.7. The monoisotopic (exact) mass is 542 g/mol. The lowest BCUT2D eigenvalue weighted by Crippen LogP contribution is -2.53. The van der Waals surface area contributed by atoms with Crippen LogP contribution in [0.3, 0.4) is 0 Å². The number of amides is 2. The molecule has 0 radical (unpaired) electrons. The van der Waals surface area contributed by atoms with Crippen molar-refractivity contribution in [2.24, 2.45) is 5.73 Å². The van der Waals surface area contributed by atoms with Crippen LogP contribution in [-0.2, 0) is 25.0 Å². The summed E-state index contributed by atoms with van der Waals surface area (Å²) in [7, 11) is -3.56. The van der Waals surface area contributed by atoms with Gasteiger partial charge in [0.2, 0.25) is 5.91 Å². The summed E-state index contributed by atoms with van der Waals surface area (Å²) in [4.78, 5) is 23.8. The number of hydrogen-bond acceptors (Lipinski definition) is 6. The molecule has 0 saturated heterocycles. The van der Waals surface area contributed by atoms with Gasteiger partial charge in [0.25, 0.3) is 5.60 Å². The van der Waals surface area contributed by atoms with Gasteiger partial charge in [0, 0.05) is 11.3 Å². The maximum atomic E-state index is 13.0. The molecule has 8 nitrogen and oxygen atoms in total. The van der Waals surface area contributed by atoms with Crippen LogP contribution < -0.4 is 11.1 Å². The second-order valence-electron chi connectivity index (χ2n) is 7.43. The van der Waals surface area contributed by atoms with Crippen molar-refractivity contribution in [3.05, 3.63) is 59.7 Å². The summed E-state index contributed by atoms with van der Waals surface area (Å²) >= 11 is 0. The van der Waals surface area contributed by atoms with Crippen LogP contribution in [0, 0.1) is 0 Å². The van der Waals surface area contributed by atoms with E-state index in [0.717, 1.165) is 0 Å². The minimum absolute atomic E-state index is 0.0406. The lowest BCUT2D eigenvalue weighted by atomic mass is 9.92. The maximum Gasteiger partial charge on any atom is 0.430 e. The van der Waals surface area contributed by atoms with Crippen molar-refractivity contribution in [2.45, 2.75) is 35.7 Å². The molecular weight excluding hydrogens is 522 g/mol. The number of nitrogens with two attached hydrogens (primary N) is 1. The SMILES string of the molecule is CCS(=O)(=O)c1ccc(C(COC(N)=O)C(=O)Nc2ccc(C(O)(C(F)(F)F)C(F)(F)F)cc2)cc1. The number of ether oxygens (including phenoxy) is 1. The smallest absolute Gasteiger partial charge is 0.430 e. The highest BCUT2D eigenvalue weighted by atomic mass is 32.2. The fraction of sp³-hybridized carbons (Fsp3) is 0.333. The van der Waals surface area contributed by atoms with E-state index in [-0.39, 0.29) is 21.9 Å². The van der Waals surface area contributed by atoms with Gasteiger partial charge >= 0.3 is 18.4 Å². The Morgan fingerprint density at radius 1 is 0.972 bits per heavy atom. The van der Waals surface area contributed by atoms with Gasteiger partial charge in [0.05, 0.1) is 16.6 Å². The highest BCUT2D eigenvalue weighted by molar-refractivity contribution is 7.91. The van der Waals surface area contributed by atoms with Crippen LogP contribution in [-0.4, -0.2) is 50.2 Å². The van der Waals surface area contributed by atoms with Gasteiger partial charge in [-0.2, -0.15) is 26.3 Å². The summed E-state index contributed by atoms with van der Waals surface area (Å²) < 4.78 is 107. The fourth-order valence-electron chi connectivity index (χ4n) is 3.08. The number of carbonyl (C=O) groups is 2. The van der Waals surface area contributed by atoms with Gasteiger partial charge in [-0.1, -0.05) is 31.2 Å². The number of aliphatic hydroxyl groups is 1. The average Bonchev–Trinajstić information content (AvgIpc) is 2.77. The number of carbonyl (C=O) groups excluding carboxylic acids is 2. The molecule has 0 bridgehead atoms. The van der Waals surface area contributed by atoms with Gasteiger partial charge in [-0.05, 0) is 29.8 Å². The minimum Gasteiger partial charge on any atom is -0.449 e. The Kier molecular flexibility index (Phi) is 8.30. The van der Waals surface area contributed by atoms with Crippen LogP contribution in [0.25, 0.3) is 0 Å². The van der Waals surface area contributed by atoms with E-state index in [4.69, 9.17) is 5.73 Å². The van der Waals surface area contributed by atoms with E-state index in [1.54, 1.807) is 0 Å². The van der Waals surface area contributed by atoms with Crippen molar-refractivity contribution in [1.82, 2.24) is 0 Å². The standard InChI is InChI=1S/C21H20F6N2O6S/c1-2-36(33,34)15-9-3-12(4-10-15)16(11-35-18(28)31)17(30)29-14-7-5-13(6-8-14)19(32,20(22,23)24)21(25,26)27/h3-10,16,32H,2,11H2,1H3,(H2,28,31)(H,29,30). The zero-order valence-corrected chi connectivity index (χ0v) is 19.2. The van der Waals surface area contributed by atoms with E-state index in [0.29, 0.717) is 24.3 Å². The highest BCUT2D eigenvalue weighted by Gasteiger charge is 2.71. The third-order valence-corrected chi connectivity index (χ3v) is 6.87. The Morgan fingerprint density at radius 3 is 1.89 bits per heavy atom. The van der Waals surface area contributed by atoms with Crippen LogP contribution in [0.4, 0.5) is 36.8 Å². The quantitative estimate of drug-likeness (QED) is 0.436. The molecule has 4 N–H and O–H groups in total. The van der Waals surface area contributed by atoms with Gasteiger partial charge in [0.15, 0.2) is 9.84 Å². The summed E-state index contributed by atoms with van der Waals surface area (Å²) in [5.74, 6) is -2.37. The summed E-state index contributed by atoms with van der Waals surface area (Å²) in [6, 6.07) is 7.06. The molecular formula is C21H20F6N2O6S. The molecule has 0 aliphatic carbocycles. The predicted molar refractivity (Wildman–Crippen MR) is 114 cm³/mol. The van der Waals surface area contributed by atoms with Crippen LogP contribution in [0.2, 0.25) is 0 Å².